The second-order valence-corrected chi connectivity index (χ2v) is 9.52. The van der Waals surface area contributed by atoms with E-state index in [1.807, 2.05) is 26.0 Å². The third-order valence-electron chi connectivity index (χ3n) is 5.57. The van der Waals surface area contributed by atoms with Gasteiger partial charge in [0.1, 0.15) is 0 Å². The van der Waals surface area contributed by atoms with Crippen LogP contribution in [0.25, 0.3) is 30.9 Å². The van der Waals surface area contributed by atoms with Crippen molar-refractivity contribution in [3.8, 4) is 0 Å². The first-order chi connectivity index (χ1) is 12.7. The summed E-state index contributed by atoms with van der Waals surface area (Å²) in [4.78, 5) is 0. The Morgan fingerprint density at radius 2 is 1.67 bits per heavy atom. The van der Waals surface area contributed by atoms with Gasteiger partial charge in [0.05, 0.1) is 11.2 Å². The third kappa shape index (κ3) is 3.25. The van der Waals surface area contributed by atoms with E-state index in [9.17, 15) is 5.11 Å². The number of thiophene rings is 1. The fraction of sp³-hybridized carbons (Fsp3) is 0.273. The van der Waals surface area contributed by atoms with Crippen LogP contribution in [0.1, 0.15) is 27.7 Å². The van der Waals surface area contributed by atoms with Gasteiger partial charge < -0.3 is 9.76 Å². The first kappa shape index (κ1) is 18.8. The highest BCUT2D eigenvalue weighted by Gasteiger charge is 2.35. The summed E-state index contributed by atoms with van der Waals surface area (Å²) in [6.07, 6.45) is 0. The zero-order valence-corrected chi connectivity index (χ0v) is 17.5. The van der Waals surface area contributed by atoms with Crippen LogP contribution in [-0.4, -0.2) is 23.8 Å². The van der Waals surface area contributed by atoms with Crippen LogP contribution in [0.2, 0.25) is 5.02 Å². The van der Waals surface area contributed by atoms with Crippen molar-refractivity contribution in [3.63, 3.8) is 0 Å². The first-order valence-electron chi connectivity index (χ1n) is 9.06. The quantitative estimate of drug-likeness (QED) is 0.468. The van der Waals surface area contributed by atoms with E-state index in [2.05, 4.69) is 36.4 Å². The molecule has 0 bridgehead atoms. The van der Waals surface area contributed by atoms with Crippen LogP contribution in [0.4, 0.5) is 0 Å². The van der Waals surface area contributed by atoms with E-state index in [4.69, 9.17) is 16.3 Å². The first-order valence-corrected chi connectivity index (χ1v) is 10.3. The smallest absolute Gasteiger partial charge is 0.310 e. The summed E-state index contributed by atoms with van der Waals surface area (Å²) >= 11 is 8.22. The lowest BCUT2D eigenvalue weighted by Gasteiger charge is -2.37. The van der Waals surface area contributed by atoms with Crippen molar-refractivity contribution in [2.75, 3.05) is 0 Å². The predicted octanol–water partition coefficient (Wildman–Crippen LogP) is 5.40. The molecule has 0 saturated carbocycles. The molecule has 0 saturated heterocycles. The molecule has 138 valence electrons. The summed E-state index contributed by atoms with van der Waals surface area (Å²) in [5, 5.41) is 16.0. The topological polar surface area (TPSA) is 29.5 Å². The Labute approximate surface area is 169 Å². The molecule has 1 heterocycles. The molecule has 0 aliphatic carbocycles. The molecule has 0 unspecified atom stereocenters. The van der Waals surface area contributed by atoms with Crippen molar-refractivity contribution in [2.45, 2.75) is 38.9 Å². The number of aliphatic hydroxyl groups is 1. The Kier molecular flexibility index (Phi) is 4.51. The molecule has 0 amide bonds. The minimum absolute atomic E-state index is 0.402. The van der Waals surface area contributed by atoms with E-state index in [1.54, 1.807) is 25.2 Å². The maximum absolute atomic E-state index is 10.4. The Bertz CT molecular complexity index is 1160. The molecule has 4 rings (SSSR count). The minimum Gasteiger partial charge on any atom is -0.427 e. The van der Waals surface area contributed by atoms with Crippen LogP contribution in [-0.2, 0) is 4.65 Å². The fourth-order valence-corrected chi connectivity index (χ4v) is 4.74. The molecule has 0 aliphatic rings. The van der Waals surface area contributed by atoms with Crippen molar-refractivity contribution >= 4 is 66.8 Å². The maximum atomic E-state index is 10.4. The summed E-state index contributed by atoms with van der Waals surface area (Å²) in [6.45, 7) is 7.36. The van der Waals surface area contributed by atoms with E-state index >= 15 is 0 Å². The standard InChI is InChI=1S/C22H22BClO2S/c1-21(2,25)22(3,4)26-23-18-12-14(24)11-17-16-10-9-13-7-5-6-8-15(13)19(16)27-20(17)18/h5-12,23,25H,1-4H3. The molecular weight excluding hydrogens is 375 g/mol. The highest BCUT2D eigenvalue weighted by atomic mass is 35.5. The van der Waals surface area contributed by atoms with Crippen LogP contribution in [0.3, 0.4) is 0 Å². The van der Waals surface area contributed by atoms with E-state index in [-0.39, 0.29) is 0 Å². The second-order valence-electron chi connectivity index (χ2n) is 8.07. The van der Waals surface area contributed by atoms with Crippen LogP contribution in [0, 0.1) is 0 Å². The summed E-state index contributed by atoms with van der Waals surface area (Å²) in [5.41, 5.74) is -0.563. The van der Waals surface area contributed by atoms with Gasteiger partial charge in [0, 0.05) is 25.2 Å². The average molecular weight is 397 g/mol. The van der Waals surface area contributed by atoms with Gasteiger partial charge in [0.25, 0.3) is 0 Å². The van der Waals surface area contributed by atoms with E-state index in [0.717, 1.165) is 10.8 Å². The second kappa shape index (κ2) is 6.49. The number of halogens is 1. The number of benzene rings is 3. The van der Waals surface area contributed by atoms with Crippen molar-refractivity contribution < 1.29 is 9.76 Å². The lowest BCUT2D eigenvalue weighted by Crippen LogP contribution is -2.49. The van der Waals surface area contributed by atoms with Crippen LogP contribution in [0.5, 0.6) is 0 Å². The lowest BCUT2D eigenvalue weighted by atomic mass is 9.82. The Hall–Kier alpha value is -1.59. The van der Waals surface area contributed by atoms with E-state index in [1.165, 1.54) is 25.6 Å². The van der Waals surface area contributed by atoms with E-state index < -0.39 is 11.2 Å². The number of hydrogen-bond acceptors (Lipinski definition) is 3. The van der Waals surface area contributed by atoms with Crippen molar-refractivity contribution in [1.29, 1.82) is 0 Å². The van der Waals surface area contributed by atoms with Gasteiger partial charge in [-0.2, -0.15) is 0 Å². The normalized spacial score (nSPS) is 13.0. The molecule has 0 atom stereocenters. The molecule has 0 aliphatic heterocycles. The van der Waals surface area contributed by atoms with Gasteiger partial charge in [-0.1, -0.05) is 48.0 Å². The van der Waals surface area contributed by atoms with E-state index in [0.29, 0.717) is 12.5 Å². The number of rotatable bonds is 4. The third-order valence-corrected chi connectivity index (χ3v) is 7.11. The zero-order chi connectivity index (χ0) is 19.4. The molecule has 27 heavy (non-hydrogen) atoms. The van der Waals surface area contributed by atoms with Crippen molar-refractivity contribution in [2.24, 2.45) is 0 Å². The highest BCUT2D eigenvalue weighted by molar-refractivity contribution is 7.27. The Morgan fingerprint density at radius 1 is 0.926 bits per heavy atom. The average Bonchev–Trinajstić information content (AvgIpc) is 2.98. The molecule has 4 aromatic rings. The van der Waals surface area contributed by atoms with Gasteiger partial charge in [-0.15, -0.1) is 11.3 Å². The minimum atomic E-state index is -0.943. The summed E-state index contributed by atoms with van der Waals surface area (Å²) in [5.74, 6) is 0. The van der Waals surface area contributed by atoms with Gasteiger partial charge in [-0.05, 0) is 56.1 Å². The van der Waals surface area contributed by atoms with Crippen LogP contribution in [0.15, 0.2) is 48.5 Å². The largest absolute Gasteiger partial charge is 0.427 e. The number of fused-ring (bicyclic) bond motifs is 5. The number of hydrogen-bond donors (Lipinski definition) is 1. The molecule has 5 heteroatoms. The molecule has 2 nitrogen and oxygen atoms in total. The van der Waals surface area contributed by atoms with Crippen LogP contribution >= 0.6 is 22.9 Å². The SMILES string of the molecule is CC(C)(O)C(C)(C)OBc1cc(Cl)cc2c1sc1c3ccccc3ccc21. The van der Waals surface area contributed by atoms with Crippen LogP contribution < -0.4 is 5.46 Å². The highest BCUT2D eigenvalue weighted by Crippen LogP contribution is 2.38. The van der Waals surface area contributed by atoms with Crippen molar-refractivity contribution in [3.05, 3.63) is 53.6 Å². The molecule has 0 radical (unpaired) electrons. The predicted molar refractivity (Wildman–Crippen MR) is 120 cm³/mol. The van der Waals surface area contributed by atoms with Gasteiger partial charge in [-0.25, -0.2) is 0 Å². The van der Waals surface area contributed by atoms with Gasteiger partial charge >= 0.3 is 7.48 Å². The van der Waals surface area contributed by atoms with Gasteiger partial charge in [-0.3, -0.25) is 0 Å². The summed E-state index contributed by atoms with van der Waals surface area (Å²) < 4.78 is 8.59. The molecule has 1 N–H and O–H groups in total. The Morgan fingerprint density at radius 3 is 2.41 bits per heavy atom. The summed E-state index contributed by atoms with van der Waals surface area (Å²) in [7, 11) is 0.402. The Balaban J connectivity index is 1.87. The molecule has 0 spiro atoms. The molecule has 3 aromatic carbocycles. The van der Waals surface area contributed by atoms with Crippen molar-refractivity contribution in [1.82, 2.24) is 0 Å². The molecule has 0 fully saturated rings. The lowest BCUT2D eigenvalue weighted by molar-refractivity contribution is -0.0893. The van der Waals surface area contributed by atoms with Gasteiger partial charge in [0.15, 0.2) is 0 Å². The maximum Gasteiger partial charge on any atom is 0.310 e. The monoisotopic (exact) mass is 396 g/mol. The summed E-state index contributed by atoms with van der Waals surface area (Å²) in [6, 6.07) is 16.8. The fourth-order valence-electron chi connectivity index (χ4n) is 3.18. The molecular formula is C22H22BClO2S. The molecule has 1 aromatic heterocycles. The zero-order valence-electron chi connectivity index (χ0n) is 16.0. The van der Waals surface area contributed by atoms with Gasteiger partial charge in [0.2, 0.25) is 0 Å².